The Morgan fingerprint density at radius 3 is 2.01 bits per heavy atom. The predicted molar refractivity (Wildman–Crippen MR) is 293 cm³/mol. The molecule has 4 atom stereocenters. The molecular weight excluding hydrogens is 1120 g/mol. The van der Waals surface area contributed by atoms with Gasteiger partial charge in [-0.05, 0) is 77.8 Å². The molecule has 1 aliphatic rings. The number of benzene rings is 3. The van der Waals surface area contributed by atoms with Crippen LogP contribution in [0.5, 0.6) is 17.4 Å². The van der Waals surface area contributed by atoms with E-state index >= 15 is 0 Å². The number of nitrogens with zero attached hydrogens (tertiary/aromatic N) is 4. The number of carbonyl (C=O) groups excluding carboxylic acids is 5. The number of aliphatic carboxylic acids is 4. The van der Waals surface area contributed by atoms with E-state index in [9.17, 15) is 58.5 Å². The average molecular weight is 1180 g/mol. The van der Waals surface area contributed by atoms with Crippen LogP contribution >= 0.6 is 12.0 Å². The van der Waals surface area contributed by atoms with Crippen molar-refractivity contribution >= 4 is 71.3 Å². The highest BCUT2D eigenvalue weighted by Gasteiger charge is 2.34. The van der Waals surface area contributed by atoms with Crippen molar-refractivity contribution in [3.63, 3.8) is 0 Å². The highest BCUT2D eigenvalue weighted by Crippen LogP contribution is 2.38. The van der Waals surface area contributed by atoms with E-state index in [1.54, 1.807) is 24.3 Å². The second kappa shape index (κ2) is 31.0. The normalized spacial score (nSPS) is 13.1. The van der Waals surface area contributed by atoms with Gasteiger partial charge in [-0.3, -0.25) is 38.4 Å². The minimum Gasteiger partial charge on any atom is -0.481 e. The zero-order chi connectivity index (χ0) is 60.8. The molecule has 5 amide bonds. The number of carbonyl (C=O) groups is 9. The van der Waals surface area contributed by atoms with Gasteiger partial charge in [0.15, 0.2) is 17.3 Å². The maximum Gasteiger partial charge on any atom is 0.326 e. The molecule has 6 rings (SSSR count). The predicted octanol–water partition coefficient (Wildman–Crippen LogP) is 5.09. The third-order valence-electron chi connectivity index (χ3n) is 12.4. The van der Waals surface area contributed by atoms with E-state index in [4.69, 9.17) is 29.6 Å². The molecule has 444 valence electrons. The summed E-state index contributed by atoms with van der Waals surface area (Å²) in [4.78, 5) is 124. The lowest BCUT2D eigenvalue weighted by atomic mass is 9.87. The zero-order valence-corrected chi connectivity index (χ0v) is 45.9. The van der Waals surface area contributed by atoms with Crippen LogP contribution in [-0.2, 0) is 54.3 Å². The number of carboxylic acids is 4. The monoisotopic (exact) mass is 1180 g/mol. The fraction of sp³-hybridized carbons (Fsp3) is 0.327. The molecule has 0 bridgehead atoms. The molecular formula is C55H59N9O19S. The van der Waals surface area contributed by atoms with Gasteiger partial charge in [0.1, 0.15) is 24.2 Å². The van der Waals surface area contributed by atoms with Crippen LogP contribution in [0.1, 0.15) is 74.7 Å². The lowest BCUT2D eigenvalue weighted by molar-refractivity contribution is -0.432. The Bertz CT molecular complexity index is 3210. The first-order valence-corrected chi connectivity index (χ1v) is 26.4. The van der Waals surface area contributed by atoms with Crippen LogP contribution in [0.25, 0.3) is 22.4 Å². The Labute approximate surface area is 482 Å². The number of aromatic nitrogens is 2. The van der Waals surface area contributed by atoms with E-state index in [2.05, 4.69) is 40.5 Å². The van der Waals surface area contributed by atoms with E-state index in [1.807, 2.05) is 85.1 Å². The summed E-state index contributed by atoms with van der Waals surface area (Å²) in [5.41, 5.74) is 3.24. The summed E-state index contributed by atoms with van der Waals surface area (Å²) < 4.78 is 21.8. The third-order valence-corrected chi connectivity index (χ3v) is 13.1. The fourth-order valence-corrected chi connectivity index (χ4v) is 8.58. The highest BCUT2D eigenvalue weighted by molar-refractivity contribution is 7.94. The van der Waals surface area contributed by atoms with Crippen molar-refractivity contribution in [3.05, 3.63) is 114 Å². The Morgan fingerprint density at radius 2 is 1.33 bits per heavy atom. The number of nitrogens with one attached hydrogen (secondary N) is 5. The lowest BCUT2D eigenvalue weighted by Crippen LogP contribution is -2.57. The molecule has 28 nitrogen and oxygen atoms in total. The molecule has 1 aliphatic heterocycles. The Morgan fingerprint density at radius 1 is 0.679 bits per heavy atom. The molecule has 0 radical (unpaired) electrons. The number of unbranched alkanes of at least 4 members (excludes halogenated alkanes) is 1. The standard InChI is InChI=1S/C55H59N9O19S/c1-55(2,18-8-9-19-79-46-22-35(20-36(60-46)31-10-4-3-5-11-31)32-14-16-41-42(21-32)81-30-80-41)29-57-51(73)37(61-50(72)34-15-17-44(56-27-34)64-58-28-33-12-6-7-13-43(33)84-83-82-78)23-45(65)59-38(24-47(66)67)52(74)62-39(25-48(68)69)53(75)63-40(54(76)77)26-49(70)71/h3-7,10-17,20-22,27,37-40,78H,8-9,18-19,23-26,28-30H2,1-2H3,(H,57,73)(H,59,65)(H,61,72)(H,62,74)(H,63,75)(H,66,67)(H,68,69)(H,70,71)(H,76,77)/t37-,38-,39-,40-/m0/s1. The SMILES string of the molecule is CC(C)(CCCCOc1cc(-c2ccc3c(c2)OCO3)cc(-c2ccccc2)n1)CNC(=O)[C@H](CC(=O)N[C@@H](CC(=O)O)C(=O)N[C@@H](CC(=O)O)C(=O)N[C@@H](CC(=O)O)C(=O)O)NC(=O)c1ccc(N=NCc2ccccc2SOOO)nc1. The second-order valence-corrected chi connectivity index (χ2v) is 20.2. The Kier molecular flexibility index (Phi) is 23.5. The number of azo groups is 1. The van der Waals surface area contributed by atoms with Gasteiger partial charge >= 0.3 is 23.9 Å². The topological polar surface area (TPSA) is 412 Å². The van der Waals surface area contributed by atoms with E-state index in [-0.39, 0.29) is 37.9 Å². The Balaban J connectivity index is 1.12. The van der Waals surface area contributed by atoms with Crippen molar-refractivity contribution in [3.8, 4) is 39.8 Å². The third kappa shape index (κ3) is 20.1. The molecule has 84 heavy (non-hydrogen) atoms. The van der Waals surface area contributed by atoms with Crippen LogP contribution in [0.4, 0.5) is 5.82 Å². The van der Waals surface area contributed by atoms with Gasteiger partial charge in [0.05, 0.1) is 62.1 Å². The van der Waals surface area contributed by atoms with Crippen LogP contribution in [0.3, 0.4) is 0 Å². The van der Waals surface area contributed by atoms with Gasteiger partial charge in [0.2, 0.25) is 36.3 Å². The van der Waals surface area contributed by atoms with E-state index in [0.717, 1.165) is 34.9 Å². The van der Waals surface area contributed by atoms with E-state index in [1.165, 1.54) is 12.1 Å². The molecule has 0 fully saturated rings. The average Bonchev–Trinajstić information content (AvgIpc) is 4.15. The van der Waals surface area contributed by atoms with Crippen molar-refractivity contribution in [2.75, 3.05) is 19.9 Å². The molecule has 3 heterocycles. The molecule has 0 saturated carbocycles. The number of ether oxygens (including phenoxy) is 3. The highest BCUT2D eigenvalue weighted by atomic mass is 32.2. The number of hydrogen-bond donors (Lipinski definition) is 10. The van der Waals surface area contributed by atoms with Crippen molar-refractivity contribution in [2.24, 2.45) is 15.6 Å². The van der Waals surface area contributed by atoms with Gasteiger partial charge < -0.3 is 61.2 Å². The minimum absolute atomic E-state index is 0.0131. The molecule has 3 aromatic carbocycles. The number of carboxylic acid groups (broad SMARTS) is 4. The maximum atomic E-state index is 14.1. The summed E-state index contributed by atoms with van der Waals surface area (Å²) in [5.74, 6) is -10.9. The fourth-order valence-electron chi connectivity index (χ4n) is 8.11. The number of fused-ring (bicyclic) bond motifs is 1. The molecule has 2 aromatic heterocycles. The number of amides is 5. The molecule has 10 N–H and O–H groups in total. The van der Waals surface area contributed by atoms with Crippen molar-refractivity contribution in [1.29, 1.82) is 0 Å². The summed E-state index contributed by atoms with van der Waals surface area (Å²) in [6.45, 7) is 4.23. The summed E-state index contributed by atoms with van der Waals surface area (Å²) in [6.07, 6.45) is -1.55. The summed E-state index contributed by atoms with van der Waals surface area (Å²) in [5, 5.41) is 69.1. The van der Waals surface area contributed by atoms with E-state index in [0.29, 0.717) is 52.8 Å². The van der Waals surface area contributed by atoms with Gasteiger partial charge in [-0.25, -0.2) is 20.0 Å². The van der Waals surface area contributed by atoms with Crippen LogP contribution < -0.4 is 40.8 Å². The van der Waals surface area contributed by atoms with Crippen LogP contribution in [0.15, 0.2) is 118 Å². The number of rotatable bonds is 33. The zero-order valence-electron chi connectivity index (χ0n) is 45.1. The summed E-state index contributed by atoms with van der Waals surface area (Å²) >= 11 is 0.732. The minimum atomic E-state index is -2.10. The lowest BCUT2D eigenvalue weighted by Gasteiger charge is -2.27. The quantitative estimate of drug-likeness (QED) is 0.00859. The van der Waals surface area contributed by atoms with E-state index < -0.39 is 109 Å². The van der Waals surface area contributed by atoms with Crippen molar-refractivity contribution < 1.29 is 92.4 Å². The maximum absolute atomic E-state index is 14.1. The van der Waals surface area contributed by atoms with Gasteiger partial charge in [-0.2, -0.15) is 5.11 Å². The van der Waals surface area contributed by atoms with Gasteiger partial charge in [-0.1, -0.05) is 73.5 Å². The first kappa shape index (κ1) is 63.6. The summed E-state index contributed by atoms with van der Waals surface area (Å²) in [6, 6.07) is 20.6. The molecule has 5 aromatic rings. The smallest absolute Gasteiger partial charge is 0.326 e. The molecule has 0 saturated heterocycles. The van der Waals surface area contributed by atoms with Crippen LogP contribution in [0.2, 0.25) is 0 Å². The molecule has 0 aliphatic carbocycles. The van der Waals surface area contributed by atoms with Crippen molar-refractivity contribution in [1.82, 2.24) is 36.6 Å². The first-order chi connectivity index (χ1) is 40.2. The number of hydrogen-bond acceptors (Lipinski definition) is 20. The summed E-state index contributed by atoms with van der Waals surface area (Å²) in [7, 11) is 0. The Hall–Kier alpha value is -9.58. The van der Waals surface area contributed by atoms with Gasteiger partial charge in [0, 0.05) is 29.3 Å². The second-order valence-electron chi connectivity index (χ2n) is 19.4. The van der Waals surface area contributed by atoms with Crippen LogP contribution in [-0.4, -0.2) is 133 Å². The van der Waals surface area contributed by atoms with Crippen LogP contribution in [0, 0.1) is 5.41 Å². The molecule has 0 spiro atoms. The first-order valence-electron chi connectivity index (χ1n) is 25.7. The molecule has 0 unspecified atom stereocenters. The van der Waals surface area contributed by atoms with Crippen molar-refractivity contribution in [2.45, 2.75) is 94.4 Å². The van der Waals surface area contributed by atoms with Gasteiger partial charge in [-0.15, -0.1) is 9.45 Å². The number of pyridine rings is 2. The van der Waals surface area contributed by atoms with Gasteiger partial charge in [0.25, 0.3) is 5.91 Å². The molecule has 29 heteroatoms. The largest absolute Gasteiger partial charge is 0.481 e.